The smallest absolute Gasteiger partial charge is 0.348 e. The lowest BCUT2D eigenvalue weighted by Crippen LogP contribution is -2.39. The summed E-state index contributed by atoms with van der Waals surface area (Å²) in [5.41, 5.74) is -0.729. The molecule has 142 valence electrons. The molecule has 0 unspecified atom stereocenters. The Morgan fingerprint density at radius 1 is 0.893 bits per heavy atom. The number of amides is 1. The molecule has 0 saturated carbocycles. The highest BCUT2D eigenvalue weighted by atomic mass is 79.9. The molecule has 0 fully saturated rings. The van der Waals surface area contributed by atoms with Crippen molar-refractivity contribution in [2.75, 3.05) is 11.9 Å². The minimum atomic E-state index is -2.02. The summed E-state index contributed by atoms with van der Waals surface area (Å²) >= 11 is 3.32. The molecule has 0 spiro atoms. The molecule has 0 saturated heterocycles. The van der Waals surface area contributed by atoms with Gasteiger partial charge in [-0.1, -0.05) is 82.7 Å². The monoisotopic (exact) mass is 439 g/mol. The molecule has 3 aromatic rings. The van der Waals surface area contributed by atoms with E-state index in [0.29, 0.717) is 16.8 Å². The molecule has 3 rings (SSSR count). The molecule has 0 aliphatic heterocycles. The summed E-state index contributed by atoms with van der Waals surface area (Å²) in [4.78, 5) is 25.0. The minimum Gasteiger partial charge on any atom is -0.453 e. The third kappa shape index (κ3) is 4.47. The van der Waals surface area contributed by atoms with Crippen LogP contribution < -0.4 is 5.32 Å². The second-order valence-electron chi connectivity index (χ2n) is 6.08. The normalized spacial score (nSPS) is 10.9. The highest BCUT2D eigenvalue weighted by molar-refractivity contribution is 9.10. The van der Waals surface area contributed by atoms with Crippen LogP contribution in [-0.4, -0.2) is 23.6 Å². The number of rotatable bonds is 6. The van der Waals surface area contributed by atoms with Crippen molar-refractivity contribution in [2.45, 2.75) is 5.60 Å². The van der Waals surface area contributed by atoms with Gasteiger partial charge in [-0.2, -0.15) is 0 Å². The highest BCUT2D eigenvalue weighted by Crippen LogP contribution is 2.31. The number of hydrogen-bond acceptors (Lipinski definition) is 4. The van der Waals surface area contributed by atoms with E-state index in [9.17, 15) is 14.7 Å². The highest BCUT2D eigenvalue weighted by Gasteiger charge is 2.41. The molecule has 5 nitrogen and oxygen atoms in total. The number of carbonyl (C=O) groups is 2. The van der Waals surface area contributed by atoms with Gasteiger partial charge in [-0.05, 0) is 29.3 Å². The molecule has 0 radical (unpaired) electrons. The van der Waals surface area contributed by atoms with Gasteiger partial charge in [0, 0.05) is 10.2 Å². The number of anilines is 1. The molecule has 0 bridgehead atoms. The van der Waals surface area contributed by atoms with E-state index in [2.05, 4.69) is 21.2 Å². The quantitative estimate of drug-likeness (QED) is 0.571. The second-order valence-corrected chi connectivity index (χ2v) is 6.99. The number of aliphatic hydroxyl groups is 1. The first-order valence-corrected chi connectivity index (χ1v) is 9.35. The van der Waals surface area contributed by atoms with Crippen molar-refractivity contribution in [2.24, 2.45) is 0 Å². The lowest BCUT2D eigenvalue weighted by atomic mass is 9.86. The minimum absolute atomic E-state index is 0.360. The van der Waals surface area contributed by atoms with Crippen LogP contribution in [0.4, 0.5) is 5.69 Å². The maximum atomic E-state index is 12.8. The number of benzene rings is 3. The van der Waals surface area contributed by atoms with Crippen molar-refractivity contribution in [3.8, 4) is 0 Å². The Hall–Kier alpha value is -2.96. The summed E-state index contributed by atoms with van der Waals surface area (Å²) in [5, 5.41) is 13.9. The molecule has 2 N–H and O–H groups in total. The molecule has 3 aromatic carbocycles. The first kappa shape index (κ1) is 19.8. The largest absolute Gasteiger partial charge is 0.453 e. The van der Waals surface area contributed by atoms with E-state index in [1.165, 1.54) is 0 Å². The van der Waals surface area contributed by atoms with E-state index in [1.54, 1.807) is 78.9 Å². The SMILES string of the molecule is O=C(COC(=O)C(O)(c1ccccc1)c1ccccc1)Nc1cccc(Br)c1. The lowest BCUT2D eigenvalue weighted by Gasteiger charge is -2.26. The number of ether oxygens (including phenoxy) is 1. The maximum Gasteiger partial charge on any atom is 0.348 e. The van der Waals surface area contributed by atoms with Crippen LogP contribution in [0.15, 0.2) is 89.4 Å². The first-order chi connectivity index (χ1) is 13.5. The first-order valence-electron chi connectivity index (χ1n) is 8.56. The standard InChI is InChI=1S/C22H18BrNO4/c23-18-12-7-13-19(14-18)24-20(25)15-28-21(26)22(27,16-8-3-1-4-9-16)17-10-5-2-6-11-17/h1-14,27H,15H2,(H,24,25). The zero-order valence-electron chi connectivity index (χ0n) is 14.8. The van der Waals surface area contributed by atoms with Crippen LogP contribution in [0.2, 0.25) is 0 Å². The van der Waals surface area contributed by atoms with E-state index in [1.807, 2.05) is 6.07 Å². The molecular formula is C22H18BrNO4. The second kappa shape index (κ2) is 8.82. The van der Waals surface area contributed by atoms with Crippen molar-refractivity contribution in [3.63, 3.8) is 0 Å². The van der Waals surface area contributed by atoms with Gasteiger partial charge in [0.2, 0.25) is 5.60 Å². The fourth-order valence-electron chi connectivity index (χ4n) is 2.76. The average Bonchev–Trinajstić information content (AvgIpc) is 2.72. The summed E-state index contributed by atoms with van der Waals surface area (Å²) in [7, 11) is 0. The lowest BCUT2D eigenvalue weighted by molar-refractivity contribution is -0.163. The van der Waals surface area contributed by atoms with Crippen molar-refractivity contribution >= 4 is 33.5 Å². The Kier molecular flexibility index (Phi) is 6.23. The Morgan fingerprint density at radius 2 is 1.46 bits per heavy atom. The number of nitrogens with one attached hydrogen (secondary N) is 1. The zero-order chi connectivity index (χ0) is 20.0. The van der Waals surface area contributed by atoms with E-state index in [-0.39, 0.29) is 0 Å². The van der Waals surface area contributed by atoms with Gasteiger partial charge in [-0.25, -0.2) is 4.79 Å². The third-order valence-electron chi connectivity index (χ3n) is 4.12. The molecule has 0 aromatic heterocycles. The van der Waals surface area contributed by atoms with Crippen molar-refractivity contribution < 1.29 is 19.4 Å². The van der Waals surface area contributed by atoms with Crippen LogP contribution in [0.3, 0.4) is 0 Å². The average molecular weight is 440 g/mol. The summed E-state index contributed by atoms with van der Waals surface area (Å²) in [6.07, 6.45) is 0. The van der Waals surface area contributed by atoms with Gasteiger partial charge < -0.3 is 15.2 Å². The molecule has 0 aliphatic rings. The van der Waals surface area contributed by atoms with Crippen molar-refractivity contribution in [3.05, 3.63) is 101 Å². The number of halogens is 1. The van der Waals surface area contributed by atoms with Crippen LogP contribution >= 0.6 is 15.9 Å². The van der Waals surface area contributed by atoms with Crippen LogP contribution in [0.5, 0.6) is 0 Å². The molecule has 1 amide bonds. The van der Waals surface area contributed by atoms with Gasteiger partial charge in [0.1, 0.15) is 0 Å². The summed E-state index contributed by atoms with van der Waals surface area (Å²) in [6, 6.07) is 24.0. The Morgan fingerprint density at radius 3 is 2.00 bits per heavy atom. The van der Waals surface area contributed by atoms with Gasteiger partial charge in [-0.3, -0.25) is 4.79 Å². The Bertz CT molecular complexity index is 921. The predicted octanol–water partition coefficient (Wildman–Crippen LogP) is 3.87. The van der Waals surface area contributed by atoms with Crippen LogP contribution in [0.1, 0.15) is 11.1 Å². The number of carbonyl (C=O) groups excluding carboxylic acids is 2. The number of esters is 1. The summed E-state index contributed by atoms with van der Waals surface area (Å²) in [5.74, 6) is -1.43. The summed E-state index contributed by atoms with van der Waals surface area (Å²) < 4.78 is 5.98. The van der Waals surface area contributed by atoms with Gasteiger partial charge >= 0.3 is 5.97 Å². The van der Waals surface area contributed by atoms with Crippen molar-refractivity contribution in [1.82, 2.24) is 0 Å². The fourth-order valence-corrected chi connectivity index (χ4v) is 3.16. The molecule has 0 heterocycles. The van der Waals surface area contributed by atoms with Crippen LogP contribution in [-0.2, 0) is 19.9 Å². The Labute approximate surface area is 171 Å². The maximum absolute atomic E-state index is 12.8. The van der Waals surface area contributed by atoms with Gasteiger partial charge in [0.15, 0.2) is 6.61 Å². The van der Waals surface area contributed by atoms with E-state index in [4.69, 9.17) is 4.74 Å². The van der Waals surface area contributed by atoms with E-state index < -0.39 is 24.1 Å². The predicted molar refractivity (Wildman–Crippen MR) is 110 cm³/mol. The van der Waals surface area contributed by atoms with Gasteiger partial charge in [0.25, 0.3) is 5.91 Å². The molecule has 6 heteroatoms. The van der Waals surface area contributed by atoms with E-state index >= 15 is 0 Å². The molecule has 28 heavy (non-hydrogen) atoms. The molecule has 0 aliphatic carbocycles. The van der Waals surface area contributed by atoms with E-state index in [0.717, 1.165) is 4.47 Å². The van der Waals surface area contributed by atoms with Crippen molar-refractivity contribution in [1.29, 1.82) is 0 Å². The fraction of sp³-hybridized carbons (Fsp3) is 0.0909. The van der Waals surface area contributed by atoms with Crippen LogP contribution in [0, 0.1) is 0 Å². The zero-order valence-corrected chi connectivity index (χ0v) is 16.4. The number of hydrogen-bond donors (Lipinski definition) is 2. The molecule has 0 atom stereocenters. The third-order valence-corrected chi connectivity index (χ3v) is 4.61. The molecular weight excluding hydrogens is 422 g/mol. The Balaban J connectivity index is 1.76. The topological polar surface area (TPSA) is 75.6 Å². The van der Waals surface area contributed by atoms with Gasteiger partial charge in [-0.15, -0.1) is 0 Å². The van der Waals surface area contributed by atoms with Crippen LogP contribution in [0.25, 0.3) is 0 Å². The summed E-state index contributed by atoms with van der Waals surface area (Å²) in [6.45, 7) is -0.521. The van der Waals surface area contributed by atoms with Gasteiger partial charge in [0.05, 0.1) is 0 Å².